The van der Waals surface area contributed by atoms with Crippen LogP contribution in [-0.4, -0.2) is 17.3 Å². The second-order valence-electron chi connectivity index (χ2n) is 5.20. The van der Waals surface area contributed by atoms with E-state index in [1.807, 2.05) is 20.8 Å². The van der Waals surface area contributed by atoms with E-state index in [2.05, 4.69) is 5.48 Å². The number of hydroxylamine groups is 1. The molecule has 1 atom stereocenters. The van der Waals surface area contributed by atoms with Crippen LogP contribution in [0, 0.1) is 0 Å². The lowest BCUT2D eigenvalue weighted by atomic mass is 10.1. The summed E-state index contributed by atoms with van der Waals surface area (Å²) >= 11 is 0. The maximum absolute atomic E-state index is 12.5. The molecule has 0 aliphatic carbocycles. The molecule has 3 nitrogen and oxygen atoms in total. The molecule has 108 valence electrons. The van der Waals surface area contributed by atoms with E-state index in [1.165, 1.54) is 12.1 Å². The molecule has 1 rings (SSSR count). The van der Waals surface area contributed by atoms with Gasteiger partial charge in [-0.1, -0.05) is 12.1 Å². The van der Waals surface area contributed by atoms with Crippen LogP contribution in [-0.2, 0) is 11.0 Å². The van der Waals surface area contributed by atoms with Gasteiger partial charge in [0.15, 0.2) is 0 Å². The van der Waals surface area contributed by atoms with Crippen molar-refractivity contribution >= 4 is 0 Å². The summed E-state index contributed by atoms with van der Waals surface area (Å²) in [5, 5.41) is 9.80. The number of hydrogen-bond donors (Lipinski definition) is 2. The molecule has 0 spiro atoms. The van der Waals surface area contributed by atoms with E-state index in [9.17, 15) is 18.3 Å². The Morgan fingerprint density at radius 2 is 1.89 bits per heavy atom. The molecule has 2 N–H and O–H groups in total. The number of aliphatic hydroxyl groups excluding tert-OH is 1. The average molecular weight is 277 g/mol. The van der Waals surface area contributed by atoms with Gasteiger partial charge in [-0.15, -0.1) is 0 Å². The van der Waals surface area contributed by atoms with Crippen molar-refractivity contribution < 1.29 is 23.1 Å². The SMILES string of the molecule is CC(C)(C)ONCC(O)c1cccc(C(F)(F)F)c1. The molecule has 0 bridgehead atoms. The zero-order valence-corrected chi connectivity index (χ0v) is 11.1. The number of rotatable bonds is 4. The van der Waals surface area contributed by atoms with E-state index >= 15 is 0 Å². The molecule has 1 unspecified atom stereocenters. The first-order valence-electron chi connectivity index (χ1n) is 5.86. The summed E-state index contributed by atoms with van der Waals surface area (Å²) in [7, 11) is 0. The molecule has 1 aromatic rings. The average Bonchev–Trinajstić information content (AvgIpc) is 2.26. The Labute approximate surface area is 110 Å². The number of alkyl halides is 3. The molecule has 6 heteroatoms. The Morgan fingerprint density at radius 1 is 1.26 bits per heavy atom. The van der Waals surface area contributed by atoms with E-state index in [0.717, 1.165) is 12.1 Å². The van der Waals surface area contributed by atoms with E-state index in [0.29, 0.717) is 0 Å². The minimum atomic E-state index is -4.41. The monoisotopic (exact) mass is 277 g/mol. The lowest BCUT2D eigenvalue weighted by Gasteiger charge is -2.21. The van der Waals surface area contributed by atoms with Crippen LogP contribution in [0.1, 0.15) is 38.0 Å². The molecular weight excluding hydrogens is 259 g/mol. The van der Waals surface area contributed by atoms with Crippen LogP contribution < -0.4 is 5.48 Å². The highest BCUT2D eigenvalue weighted by molar-refractivity contribution is 5.27. The first-order chi connectivity index (χ1) is 8.59. The number of hydrogen-bond acceptors (Lipinski definition) is 3. The van der Waals surface area contributed by atoms with Gasteiger partial charge in [0, 0.05) is 0 Å². The van der Waals surface area contributed by atoms with Gasteiger partial charge in [-0.05, 0) is 38.5 Å². The van der Waals surface area contributed by atoms with Gasteiger partial charge in [-0.25, -0.2) is 0 Å². The van der Waals surface area contributed by atoms with E-state index in [1.54, 1.807) is 0 Å². The molecule has 0 saturated carbocycles. The summed E-state index contributed by atoms with van der Waals surface area (Å²) < 4.78 is 37.6. The highest BCUT2D eigenvalue weighted by atomic mass is 19.4. The third-order valence-corrected chi connectivity index (χ3v) is 2.25. The van der Waals surface area contributed by atoms with Crippen LogP contribution in [0.25, 0.3) is 0 Å². The minimum Gasteiger partial charge on any atom is -0.387 e. The standard InChI is InChI=1S/C13H18F3NO2/c1-12(2,3)19-17-8-11(18)9-5-4-6-10(7-9)13(14,15)16/h4-7,11,17-18H,8H2,1-3H3. The quantitative estimate of drug-likeness (QED) is 0.831. The fraction of sp³-hybridized carbons (Fsp3) is 0.538. The zero-order chi connectivity index (χ0) is 14.7. The van der Waals surface area contributed by atoms with Crippen molar-refractivity contribution in [3.8, 4) is 0 Å². The van der Waals surface area contributed by atoms with E-state index < -0.39 is 23.4 Å². The van der Waals surface area contributed by atoms with Crippen molar-refractivity contribution in [1.29, 1.82) is 0 Å². The molecule has 0 aliphatic rings. The highest BCUT2D eigenvalue weighted by Crippen LogP contribution is 2.30. The predicted octanol–water partition coefficient (Wildman–Crippen LogP) is 3.06. The van der Waals surface area contributed by atoms with Crippen molar-refractivity contribution in [2.45, 2.75) is 38.7 Å². The molecule has 0 aliphatic heterocycles. The second kappa shape index (κ2) is 5.90. The lowest BCUT2D eigenvalue weighted by Crippen LogP contribution is -2.32. The molecule has 0 amide bonds. The lowest BCUT2D eigenvalue weighted by molar-refractivity contribution is -0.137. The molecule has 19 heavy (non-hydrogen) atoms. The summed E-state index contributed by atoms with van der Waals surface area (Å²) in [6.45, 7) is 5.46. The molecule has 0 fully saturated rings. The normalized spacial score (nSPS) is 14.5. The molecule has 0 heterocycles. The number of nitrogens with one attached hydrogen (secondary N) is 1. The summed E-state index contributed by atoms with van der Waals surface area (Å²) in [5.74, 6) is 0. The van der Waals surface area contributed by atoms with Gasteiger partial charge in [0.2, 0.25) is 0 Å². The van der Waals surface area contributed by atoms with E-state index in [-0.39, 0.29) is 12.1 Å². The van der Waals surface area contributed by atoms with Crippen molar-refractivity contribution in [2.24, 2.45) is 0 Å². The molecule has 0 saturated heterocycles. The summed E-state index contributed by atoms with van der Waals surface area (Å²) in [6, 6.07) is 4.61. The Bertz CT molecular complexity index is 413. The van der Waals surface area contributed by atoms with Crippen molar-refractivity contribution in [2.75, 3.05) is 6.54 Å². The number of halogens is 3. The largest absolute Gasteiger partial charge is 0.416 e. The van der Waals surface area contributed by atoms with Crippen LogP contribution in [0.4, 0.5) is 13.2 Å². The fourth-order valence-electron chi connectivity index (χ4n) is 1.38. The topological polar surface area (TPSA) is 41.5 Å². The van der Waals surface area contributed by atoms with Gasteiger partial charge in [0.25, 0.3) is 0 Å². The minimum absolute atomic E-state index is 0.0125. The molecule has 0 aromatic heterocycles. The summed E-state index contributed by atoms with van der Waals surface area (Å²) in [4.78, 5) is 5.19. The predicted molar refractivity (Wildman–Crippen MR) is 65.2 cm³/mol. The van der Waals surface area contributed by atoms with Crippen LogP contribution >= 0.6 is 0 Å². The Morgan fingerprint density at radius 3 is 2.42 bits per heavy atom. The maximum atomic E-state index is 12.5. The summed E-state index contributed by atoms with van der Waals surface area (Å²) in [6.07, 6.45) is -5.48. The Kier molecular flexibility index (Phi) is 4.95. The van der Waals surface area contributed by atoms with Gasteiger partial charge in [0.1, 0.15) is 0 Å². The smallest absolute Gasteiger partial charge is 0.387 e. The maximum Gasteiger partial charge on any atom is 0.416 e. The van der Waals surface area contributed by atoms with Crippen LogP contribution in [0.15, 0.2) is 24.3 Å². The third kappa shape index (κ3) is 5.59. The first-order valence-corrected chi connectivity index (χ1v) is 5.86. The van der Waals surface area contributed by atoms with Gasteiger partial charge in [-0.3, -0.25) is 4.84 Å². The van der Waals surface area contributed by atoms with Crippen LogP contribution in [0.5, 0.6) is 0 Å². The number of benzene rings is 1. The molecule has 0 radical (unpaired) electrons. The Hall–Kier alpha value is -1.11. The summed E-state index contributed by atoms with van der Waals surface area (Å²) in [5.41, 5.74) is 1.53. The van der Waals surface area contributed by atoms with Crippen molar-refractivity contribution in [1.82, 2.24) is 5.48 Å². The van der Waals surface area contributed by atoms with Gasteiger partial charge in [0.05, 0.1) is 23.8 Å². The zero-order valence-electron chi connectivity index (χ0n) is 11.1. The van der Waals surface area contributed by atoms with Crippen molar-refractivity contribution in [3.63, 3.8) is 0 Å². The van der Waals surface area contributed by atoms with Gasteiger partial charge >= 0.3 is 6.18 Å². The van der Waals surface area contributed by atoms with Crippen LogP contribution in [0.2, 0.25) is 0 Å². The van der Waals surface area contributed by atoms with Gasteiger partial charge in [-0.2, -0.15) is 18.7 Å². The Balaban J connectivity index is 2.65. The first kappa shape index (κ1) is 15.9. The third-order valence-electron chi connectivity index (χ3n) is 2.25. The van der Waals surface area contributed by atoms with Gasteiger partial charge < -0.3 is 5.11 Å². The fourth-order valence-corrected chi connectivity index (χ4v) is 1.38. The number of aliphatic hydroxyl groups is 1. The second-order valence-corrected chi connectivity index (χ2v) is 5.20. The molecule has 1 aromatic carbocycles. The highest BCUT2D eigenvalue weighted by Gasteiger charge is 2.30. The van der Waals surface area contributed by atoms with Crippen LogP contribution in [0.3, 0.4) is 0 Å². The van der Waals surface area contributed by atoms with E-state index in [4.69, 9.17) is 4.84 Å². The molecular formula is C13H18F3NO2. The van der Waals surface area contributed by atoms with Crippen molar-refractivity contribution in [3.05, 3.63) is 35.4 Å².